The lowest BCUT2D eigenvalue weighted by molar-refractivity contribution is -0.174. The van der Waals surface area contributed by atoms with E-state index in [2.05, 4.69) is 0 Å². The summed E-state index contributed by atoms with van der Waals surface area (Å²) >= 11 is 1.29. The summed E-state index contributed by atoms with van der Waals surface area (Å²) in [5, 5.41) is 12.6. The second-order valence-corrected chi connectivity index (χ2v) is 11.1. The molecule has 0 aliphatic carbocycles. The molecule has 6 atom stereocenters. The Labute approximate surface area is 150 Å². The second-order valence-electron chi connectivity index (χ2n) is 7.46. The minimum absolute atomic E-state index is 0.297. The number of hydrogen-bond donors (Lipinski definition) is 1. The smallest absolute Gasteiger partial charge is 0.272 e. The number of rotatable bonds is 2. The van der Waals surface area contributed by atoms with Crippen LogP contribution in [0.4, 0.5) is 0 Å². The highest BCUT2D eigenvalue weighted by Crippen LogP contribution is 2.60. The lowest BCUT2D eigenvalue weighted by Gasteiger charge is -2.41. The molecule has 0 unspecified atom stereocenters. The van der Waals surface area contributed by atoms with Crippen molar-refractivity contribution in [2.24, 2.45) is 0 Å². The van der Waals surface area contributed by atoms with E-state index in [-0.39, 0.29) is 0 Å². The fourth-order valence-corrected chi connectivity index (χ4v) is 7.28. The molecule has 140 valence electrons. The highest BCUT2D eigenvalue weighted by molar-refractivity contribution is 7.73. The van der Waals surface area contributed by atoms with Gasteiger partial charge in [0.15, 0.2) is 17.4 Å². The number of aliphatic hydroxyl groups excluding tert-OH is 1. The standard InChI is InChI=1S/C16H23O7PS/c1-15(2)19-8-9(20-15)11-12-13(22-16(3,4)21-12)14(17)24(18,23-11)10-6-5-7-25-10/h5-7,9,11-14,17H,8H2,1-4H3/t9-,11-,12+,13+,14-,24+/m1/s1. The predicted molar refractivity (Wildman–Crippen MR) is 91.2 cm³/mol. The van der Waals surface area contributed by atoms with Crippen LogP contribution in [0.25, 0.3) is 0 Å². The van der Waals surface area contributed by atoms with E-state index in [1.807, 2.05) is 13.8 Å². The first-order valence-corrected chi connectivity index (χ1v) is 10.9. The van der Waals surface area contributed by atoms with Crippen molar-refractivity contribution in [2.75, 3.05) is 6.61 Å². The van der Waals surface area contributed by atoms with Gasteiger partial charge in [0.2, 0.25) is 0 Å². The van der Waals surface area contributed by atoms with Crippen LogP contribution >= 0.6 is 18.7 Å². The summed E-state index contributed by atoms with van der Waals surface area (Å²) in [6.07, 6.45) is -2.46. The lowest BCUT2D eigenvalue weighted by atomic mass is 10.0. The van der Waals surface area contributed by atoms with Crippen molar-refractivity contribution < 1.29 is 33.1 Å². The van der Waals surface area contributed by atoms with E-state index in [0.717, 1.165) is 0 Å². The van der Waals surface area contributed by atoms with Crippen LogP contribution in [0.1, 0.15) is 27.7 Å². The molecule has 1 aromatic rings. The van der Waals surface area contributed by atoms with Gasteiger partial charge in [0.1, 0.15) is 24.4 Å². The summed E-state index contributed by atoms with van der Waals surface area (Å²) in [7, 11) is -3.55. The Morgan fingerprint density at radius 3 is 2.44 bits per heavy atom. The Balaban J connectivity index is 1.71. The molecular weight excluding hydrogens is 367 g/mol. The van der Waals surface area contributed by atoms with E-state index >= 15 is 0 Å². The zero-order valence-electron chi connectivity index (χ0n) is 14.6. The van der Waals surface area contributed by atoms with Gasteiger partial charge in [-0.2, -0.15) is 0 Å². The number of ether oxygens (including phenoxy) is 4. The largest absolute Gasteiger partial charge is 0.380 e. The monoisotopic (exact) mass is 390 g/mol. The Hall–Kier alpha value is -0.310. The van der Waals surface area contributed by atoms with Gasteiger partial charge in [-0.3, -0.25) is 4.57 Å². The van der Waals surface area contributed by atoms with Gasteiger partial charge < -0.3 is 28.6 Å². The average molecular weight is 390 g/mol. The molecule has 0 amide bonds. The molecule has 0 aromatic carbocycles. The molecule has 1 aromatic heterocycles. The zero-order valence-corrected chi connectivity index (χ0v) is 16.3. The fraction of sp³-hybridized carbons (Fsp3) is 0.750. The molecule has 4 heterocycles. The van der Waals surface area contributed by atoms with Crippen LogP contribution in [0.2, 0.25) is 0 Å². The van der Waals surface area contributed by atoms with Gasteiger partial charge in [0.25, 0.3) is 7.37 Å². The summed E-state index contributed by atoms with van der Waals surface area (Å²) < 4.78 is 43.6. The maximum Gasteiger partial charge on any atom is 0.272 e. The molecule has 3 fully saturated rings. The zero-order chi connectivity index (χ0) is 18.0. The second kappa shape index (κ2) is 5.84. The summed E-state index contributed by atoms with van der Waals surface area (Å²) in [5.74, 6) is -2.94. The molecule has 25 heavy (non-hydrogen) atoms. The normalized spacial score (nSPS) is 45.4. The van der Waals surface area contributed by atoms with Crippen molar-refractivity contribution in [2.45, 2.75) is 69.5 Å². The molecule has 0 bridgehead atoms. The van der Waals surface area contributed by atoms with Crippen molar-refractivity contribution in [3.05, 3.63) is 17.5 Å². The first kappa shape index (κ1) is 18.1. The van der Waals surface area contributed by atoms with E-state index in [1.54, 1.807) is 31.4 Å². The van der Waals surface area contributed by atoms with Crippen molar-refractivity contribution in [1.82, 2.24) is 0 Å². The summed E-state index contributed by atoms with van der Waals surface area (Å²) in [6, 6.07) is 3.49. The summed E-state index contributed by atoms with van der Waals surface area (Å²) in [6.45, 7) is 7.46. The number of fused-ring (bicyclic) bond motifs is 1. The van der Waals surface area contributed by atoms with Crippen molar-refractivity contribution in [3.8, 4) is 0 Å². The quantitative estimate of drug-likeness (QED) is 0.774. The molecular formula is C16H23O7PS. The van der Waals surface area contributed by atoms with Gasteiger partial charge >= 0.3 is 0 Å². The molecule has 9 heteroatoms. The van der Waals surface area contributed by atoms with E-state index < -0.39 is 49.2 Å². The van der Waals surface area contributed by atoms with Crippen LogP contribution in [0.15, 0.2) is 17.5 Å². The first-order valence-electron chi connectivity index (χ1n) is 8.29. The predicted octanol–water partition coefficient (Wildman–Crippen LogP) is 2.04. The molecule has 3 aliphatic heterocycles. The fourth-order valence-electron chi connectivity index (χ4n) is 3.58. The SMILES string of the molecule is CC1(C)O[C@H]2[C@@H]([C@H]3COC(C)(C)O3)O[P@@](=O)(c3cccs3)[C@@H](O)[C@H]2O1. The molecule has 4 rings (SSSR count). The van der Waals surface area contributed by atoms with E-state index in [0.29, 0.717) is 11.2 Å². The average Bonchev–Trinajstić information content (AvgIpc) is 3.21. The van der Waals surface area contributed by atoms with Crippen LogP contribution in [-0.4, -0.2) is 53.5 Å². The molecule has 3 saturated heterocycles. The first-order chi connectivity index (χ1) is 11.6. The lowest BCUT2D eigenvalue weighted by Crippen LogP contribution is -2.54. The van der Waals surface area contributed by atoms with Crippen LogP contribution in [-0.2, 0) is 28.0 Å². The molecule has 0 spiro atoms. The van der Waals surface area contributed by atoms with Crippen molar-refractivity contribution >= 4 is 23.3 Å². The summed E-state index contributed by atoms with van der Waals surface area (Å²) in [4.78, 5) is 0. The number of aliphatic hydroxyl groups is 1. The Kier molecular flexibility index (Phi) is 4.22. The van der Waals surface area contributed by atoms with Crippen LogP contribution in [0.5, 0.6) is 0 Å². The van der Waals surface area contributed by atoms with Crippen molar-refractivity contribution in [3.63, 3.8) is 0 Å². The molecule has 0 radical (unpaired) electrons. The maximum atomic E-state index is 13.6. The maximum absolute atomic E-state index is 13.6. The summed E-state index contributed by atoms with van der Waals surface area (Å²) in [5.41, 5.74) is 0. The minimum Gasteiger partial charge on any atom is -0.380 e. The third kappa shape index (κ3) is 3.03. The van der Waals surface area contributed by atoms with E-state index in [9.17, 15) is 9.67 Å². The third-order valence-corrected chi connectivity index (χ3v) is 8.68. The topological polar surface area (TPSA) is 83.5 Å². The highest BCUT2D eigenvalue weighted by Gasteiger charge is 2.62. The van der Waals surface area contributed by atoms with Gasteiger partial charge in [-0.05, 0) is 39.1 Å². The molecule has 0 saturated carbocycles. The Bertz CT molecular complexity index is 689. The number of hydrogen-bond acceptors (Lipinski definition) is 8. The number of thiophene rings is 1. The van der Waals surface area contributed by atoms with Crippen LogP contribution < -0.4 is 4.62 Å². The van der Waals surface area contributed by atoms with Crippen molar-refractivity contribution in [1.29, 1.82) is 0 Å². The van der Waals surface area contributed by atoms with Gasteiger partial charge in [-0.15, -0.1) is 11.3 Å². The van der Waals surface area contributed by atoms with Gasteiger partial charge in [0, 0.05) is 0 Å². The molecule has 1 N–H and O–H groups in total. The van der Waals surface area contributed by atoms with Gasteiger partial charge in [0.05, 0.1) is 11.2 Å². The van der Waals surface area contributed by atoms with E-state index in [4.69, 9.17) is 23.5 Å². The Morgan fingerprint density at radius 2 is 1.84 bits per heavy atom. The molecule has 3 aliphatic rings. The van der Waals surface area contributed by atoms with Gasteiger partial charge in [-0.1, -0.05) is 6.07 Å². The van der Waals surface area contributed by atoms with Gasteiger partial charge in [-0.25, -0.2) is 0 Å². The van der Waals surface area contributed by atoms with Crippen LogP contribution in [0, 0.1) is 0 Å². The van der Waals surface area contributed by atoms with E-state index in [1.165, 1.54) is 11.3 Å². The molecule has 7 nitrogen and oxygen atoms in total. The minimum atomic E-state index is -3.55. The van der Waals surface area contributed by atoms with Crippen LogP contribution in [0.3, 0.4) is 0 Å². The third-order valence-electron chi connectivity index (χ3n) is 4.62. The highest BCUT2D eigenvalue weighted by atomic mass is 32.1. The Morgan fingerprint density at radius 1 is 1.12 bits per heavy atom.